The zero-order chi connectivity index (χ0) is 20.0. The summed E-state index contributed by atoms with van der Waals surface area (Å²) in [5.74, 6) is -1.09. The Morgan fingerprint density at radius 2 is 1.78 bits per heavy atom. The maximum atomic E-state index is 12.3. The average molecular weight is 508 g/mol. The first-order valence-corrected chi connectivity index (χ1v) is 10.3. The third kappa shape index (κ3) is 4.87. The topological polar surface area (TPSA) is 88.1 Å². The number of rotatable bonds is 7. The Morgan fingerprint density at radius 3 is 2.37 bits per heavy atom. The molecule has 148 valence electrons. The van der Waals surface area contributed by atoms with E-state index in [2.05, 4.69) is 22.6 Å². The van der Waals surface area contributed by atoms with Gasteiger partial charge in [0.1, 0.15) is 12.4 Å². The largest absolute Gasteiger partial charge is 0.496 e. The number of ether oxygens (including phenoxy) is 4. The SMILES string of the molecule is COC(=O)C1(C(=O)OC)C[C@H](I)[C@H](CC(=O)OCc2ccccc2OC)S1. The van der Waals surface area contributed by atoms with Crippen LogP contribution in [0.4, 0.5) is 0 Å². The van der Waals surface area contributed by atoms with E-state index in [1.165, 1.54) is 14.2 Å². The molecule has 1 heterocycles. The van der Waals surface area contributed by atoms with Gasteiger partial charge >= 0.3 is 17.9 Å². The summed E-state index contributed by atoms with van der Waals surface area (Å²) in [5, 5.41) is -0.269. The molecule has 0 amide bonds. The normalized spacial score (nSPS) is 20.6. The minimum atomic E-state index is -1.44. The van der Waals surface area contributed by atoms with Crippen LogP contribution in [0.25, 0.3) is 0 Å². The lowest BCUT2D eigenvalue weighted by molar-refractivity contribution is -0.156. The standard InChI is InChI=1S/C18H21IO7S/c1-23-13-7-5-4-6-11(13)10-26-15(20)8-14-12(19)9-18(27-14,16(21)24-2)17(22)25-3/h4-7,12,14H,8-10H2,1-3H3/t12-,14-/m0/s1. The van der Waals surface area contributed by atoms with Crippen LogP contribution in [0.5, 0.6) is 5.75 Å². The van der Waals surface area contributed by atoms with Gasteiger partial charge in [-0.25, -0.2) is 9.59 Å². The molecule has 1 saturated heterocycles. The Kier molecular flexibility index (Phi) is 7.78. The van der Waals surface area contributed by atoms with Crippen LogP contribution in [0, 0.1) is 0 Å². The highest BCUT2D eigenvalue weighted by Crippen LogP contribution is 2.49. The fourth-order valence-electron chi connectivity index (χ4n) is 2.84. The molecule has 0 saturated carbocycles. The van der Waals surface area contributed by atoms with Crippen molar-refractivity contribution >= 4 is 52.3 Å². The van der Waals surface area contributed by atoms with Gasteiger partial charge in [0.15, 0.2) is 0 Å². The van der Waals surface area contributed by atoms with Crippen LogP contribution >= 0.6 is 34.4 Å². The zero-order valence-corrected chi connectivity index (χ0v) is 18.2. The zero-order valence-electron chi connectivity index (χ0n) is 15.2. The number of thioether (sulfide) groups is 1. The molecule has 1 aliphatic heterocycles. The van der Waals surface area contributed by atoms with Crippen LogP contribution < -0.4 is 4.74 Å². The van der Waals surface area contributed by atoms with Crippen molar-refractivity contribution in [2.24, 2.45) is 0 Å². The number of carbonyl (C=O) groups is 3. The summed E-state index contributed by atoms with van der Waals surface area (Å²) in [7, 11) is 4.00. The lowest BCUT2D eigenvalue weighted by Crippen LogP contribution is -2.43. The van der Waals surface area contributed by atoms with Gasteiger partial charge in [0.2, 0.25) is 4.75 Å². The molecule has 1 fully saturated rings. The Labute approximate surface area is 175 Å². The maximum Gasteiger partial charge on any atom is 0.333 e. The first-order valence-electron chi connectivity index (χ1n) is 8.14. The van der Waals surface area contributed by atoms with Gasteiger partial charge in [-0.3, -0.25) is 4.79 Å². The Hall–Kier alpha value is -1.49. The fraction of sp³-hybridized carbons (Fsp3) is 0.500. The molecule has 0 radical (unpaired) electrons. The molecule has 27 heavy (non-hydrogen) atoms. The lowest BCUT2D eigenvalue weighted by atomic mass is 10.0. The van der Waals surface area contributed by atoms with E-state index in [9.17, 15) is 14.4 Å². The molecule has 0 bridgehead atoms. The van der Waals surface area contributed by atoms with Gasteiger partial charge < -0.3 is 18.9 Å². The molecule has 0 unspecified atom stereocenters. The van der Waals surface area contributed by atoms with Crippen LogP contribution in [-0.2, 0) is 35.2 Å². The third-order valence-electron chi connectivity index (χ3n) is 4.22. The fourth-order valence-corrected chi connectivity index (χ4v) is 6.10. The van der Waals surface area contributed by atoms with Crippen LogP contribution in [0.2, 0.25) is 0 Å². The van der Waals surface area contributed by atoms with Gasteiger partial charge in [-0.05, 0) is 12.5 Å². The molecule has 2 atom stereocenters. The van der Waals surface area contributed by atoms with E-state index in [0.29, 0.717) is 5.75 Å². The summed E-state index contributed by atoms with van der Waals surface area (Å²) in [6.07, 6.45) is 0.311. The van der Waals surface area contributed by atoms with Crippen LogP contribution in [0.3, 0.4) is 0 Å². The molecule has 1 aromatic carbocycles. The first-order chi connectivity index (χ1) is 12.9. The van der Waals surface area contributed by atoms with Gasteiger partial charge in [-0.2, -0.15) is 0 Å². The van der Waals surface area contributed by atoms with Crippen molar-refractivity contribution in [2.75, 3.05) is 21.3 Å². The van der Waals surface area contributed by atoms with Gasteiger partial charge in [0, 0.05) is 14.7 Å². The molecular weight excluding hydrogens is 487 g/mol. The molecule has 0 spiro atoms. The van der Waals surface area contributed by atoms with Crippen molar-refractivity contribution in [1.82, 2.24) is 0 Å². The Morgan fingerprint density at radius 1 is 1.15 bits per heavy atom. The van der Waals surface area contributed by atoms with E-state index >= 15 is 0 Å². The number of benzene rings is 1. The monoisotopic (exact) mass is 508 g/mol. The van der Waals surface area contributed by atoms with Gasteiger partial charge in [-0.15, -0.1) is 11.8 Å². The number of alkyl halides is 1. The predicted molar refractivity (Wildman–Crippen MR) is 108 cm³/mol. The van der Waals surface area contributed by atoms with Crippen LogP contribution in [0.1, 0.15) is 18.4 Å². The first kappa shape index (κ1) is 21.8. The molecule has 7 nitrogen and oxygen atoms in total. The van der Waals surface area contributed by atoms with E-state index in [1.54, 1.807) is 13.2 Å². The minimum absolute atomic E-state index is 0.0726. The summed E-state index contributed by atoms with van der Waals surface area (Å²) in [6, 6.07) is 7.27. The number of hydrogen-bond donors (Lipinski definition) is 0. The number of methoxy groups -OCH3 is 3. The van der Waals surface area contributed by atoms with E-state index in [-0.39, 0.29) is 28.6 Å². The summed E-state index contributed by atoms with van der Waals surface area (Å²) < 4.78 is 18.7. The second-order valence-electron chi connectivity index (χ2n) is 5.86. The molecule has 0 aliphatic carbocycles. The van der Waals surface area contributed by atoms with Gasteiger partial charge in [0.05, 0.1) is 27.8 Å². The van der Waals surface area contributed by atoms with Crippen molar-refractivity contribution in [3.05, 3.63) is 29.8 Å². The number of halogens is 1. The van der Waals surface area contributed by atoms with E-state index in [1.807, 2.05) is 18.2 Å². The van der Waals surface area contributed by atoms with Gasteiger partial charge in [-0.1, -0.05) is 40.8 Å². The second kappa shape index (κ2) is 9.63. The summed E-state index contributed by atoms with van der Waals surface area (Å²) in [6.45, 7) is 0.0886. The second-order valence-corrected chi connectivity index (χ2v) is 9.00. The third-order valence-corrected chi connectivity index (χ3v) is 7.71. The maximum absolute atomic E-state index is 12.3. The highest BCUT2D eigenvalue weighted by atomic mass is 127. The van der Waals surface area contributed by atoms with Crippen LogP contribution in [-0.4, -0.2) is 53.2 Å². The molecule has 1 aliphatic rings. The quantitative estimate of drug-likeness (QED) is 0.183. The van der Waals surface area contributed by atoms with Gasteiger partial charge in [0.25, 0.3) is 0 Å². The van der Waals surface area contributed by atoms with Crippen molar-refractivity contribution in [3.8, 4) is 5.75 Å². The van der Waals surface area contributed by atoms with Crippen LogP contribution in [0.15, 0.2) is 24.3 Å². The summed E-state index contributed by atoms with van der Waals surface area (Å²) >= 11 is 3.25. The molecule has 0 aromatic heterocycles. The molecular formula is C18H21IO7S. The Balaban J connectivity index is 2.01. The summed E-state index contributed by atoms with van der Waals surface area (Å²) in [4.78, 5) is 36.7. The number of esters is 3. The van der Waals surface area contributed by atoms with E-state index in [0.717, 1.165) is 17.3 Å². The average Bonchev–Trinajstić information content (AvgIpc) is 3.02. The van der Waals surface area contributed by atoms with Crippen molar-refractivity contribution in [3.63, 3.8) is 0 Å². The lowest BCUT2D eigenvalue weighted by Gasteiger charge is -2.22. The van der Waals surface area contributed by atoms with E-state index in [4.69, 9.17) is 18.9 Å². The smallest absolute Gasteiger partial charge is 0.333 e. The van der Waals surface area contributed by atoms with E-state index < -0.39 is 22.7 Å². The Bertz CT molecular complexity index is 693. The molecule has 2 rings (SSSR count). The minimum Gasteiger partial charge on any atom is -0.496 e. The molecule has 1 aromatic rings. The number of carbonyl (C=O) groups excluding carboxylic acids is 3. The number of hydrogen-bond acceptors (Lipinski definition) is 8. The molecule has 9 heteroatoms. The highest BCUT2D eigenvalue weighted by molar-refractivity contribution is 14.1. The molecule has 0 N–H and O–H groups in total. The highest BCUT2D eigenvalue weighted by Gasteiger charge is 2.58. The number of para-hydroxylation sites is 1. The van der Waals surface area contributed by atoms with Crippen molar-refractivity contribution < 1.29 is 33.3 Å². The summed E-state index contributed by atoms with van der Waals surface area (Å²) in [5.41, 5.74) is 0.761. The van der Waals surface area contributed by atoms with Crippen molar-refractivity contribution in [1.29, 1.82) is 0 Å². The predicted octanol–water partition coefficient (Wildman–Crippen LogP) is 2.52. The van der Waals surface area contributed by atoms with Crippen molar-refractivity contribution in [2.45, 2.75) is 33.4 Å².